The number of rotatable bonds is 4. The van der Waals surface area contributed by atoms with Gasteiger partial charge < -0.3 is 10.5 Å². The lowest BCUT2D eigenvalue weighted by Crippen LogP contribution is -2.48. The van der Waals surface area contributed by atoms with E-state index >= 15 is 0 Å². The predicted octanol–water partition coefficient (Wildman–Crippen LogP) is 3.60. The molecule has 1 unspecified atom stereocenters. The molecule has 0 bridgehead atoms. The quantitative estimate of drug-likeness (QED) is 0.924. The molecule has 0 aliphatic heterocycles. The fraction of sp³-hybridized carbons (Fsp3) is 0.533. The van der Waals surface area contributed by atoms with Crippen molar-refractivity contribution in [1.29, 1.82) is 0 Å². The topological polar surface area (TPSA) is 55.6 Å². The summed E-state index contributed by atoms with van der Waals surface area (Å²) in [5.74, 6) is 0. The molecule has 2 N–H and O–H groups in total. The normalized spacial score (nSPS) is 12.9. The molecule has 0 aliphatic carbocycles. The van der Waals surface area contributed by atoms with Gasteiger partial charge in [0.25, 0.3) is 0 Å². The Hall–Kier alpha value is -1.26. The van der Waals surface area contributed by atoms with Crippen molar-refractivity contribution in [3.8, 4) is 0 Å². The van der Waals surface area contributed by atoms with Crippen LogP contribution in [-0.4, -0.2) is 30.2 Å². The Labute approximate surface area is 125 Å². The van der Waals surface area contributed by atoms with Gasteiger partial charge in [0.15, 0.2) is 0 Å². The molecule has 112 valence electrons. The third-order valence-corrected chi connectivity index (χ3v) is 3.31. The summed E-state index contributed by atoms with van der Waals surface area (Å²) in [5, 5.41) is 0.642. The molecule has 1 aromatic carbocycles. The monoisotopic (exact) mass is 298 g/mol. The van der Waals surface area contributed by atoms with Crippen LogP contribution in [0.15, 0.2) is 24.3 Å². The fourth-order valence-electron chi connectivity index (χ4n) is 2.28. The van der Waals surface area contributed by atoms with Crippen LogP contribution in [0.25, 0.3) is 0 Å². The van der Waals surface area contributed by atoms with Crippen molar-refractivity contribution in [2.24, 2.45) is 5.73 Å². The molecule has 1 atom stereocenters. The van der Waals surface area contributed by atoms with Crippen molar-refractivity contribution in [2.45, 2.75) is 38.8 Å². The van der Waals surface area contributed by atoms with E-state index in [0.717, 1.165) is 5.56 Å². The van der Waals surface area contributed by atoms with Gasteiger partial charge in [0.05, 0.1) is 13.2 Å². The van der Waals surface area contributed by atoms with Crippen molar-refractivity contribution in [3.05, 3.63) is 34.9 Å². The van der Waals surface area contributed by atoms with E-state index in [1.165, 1.54) is 7.11 Å². The summed E-state index contributed by atoms with van der Waals surface area (Å²) < 4.78 is 4.93. The molecule has 0 aromatic heterocycles. The number of carbonyl (C=O) groups is 1. The van der Waals surface area contributed by atoms with Gasteiger partial charge in [0.1, 0.15) is 0 Å². The molecule has 1 aromatic rings. The van der Waals surface area contributed by atoms with Gasteiger partial charge in [0.2, 0.25) is 0 Å². The average Bonchev–Trinajstić information content (AvgIpc) is 2.36. The summed E-state index contributed by atoms with van der Waals surface area (Å²) in [4.78, 5) is 13.9. The standard InChI is InChI=1S/C15H23ClN2O2/c1-15(2,3)18(14(19)20-4)13(8-9-17)11-6-5-7-12(16)10-11/h5-7,10,13H,8-9,17H2,1-4H3. The Kier molecular flexibility index (Phi) is 5.84. The van der Waals surface area contributed by atoms with Gasteiger partial charge in [-0.15, -0.1) is 0 Å². The van der Waals surface area contributed by atoms with Crippen LogP contribution in [0, 0.1) is 0 Å². The second kappa shape index (κ2) is 6.95. The second-order valence-electron chi connectivity index (χ2n) is 5.66. The highest BCUT2D eigenvalue weighted by Gasteiger charge is 2.34. The van der Waals surface area contributed by atoms with Crippen LogP contribution in [0.3, 0.4) is 0 Å². The average molecular weight is 299 g/mol. The fourth-order valence-corrected chi connectivity index (χ4v) is 2.48. The maximum Gasteiger partial charge on any atom is 0.410 e. The van der Waals surface area contributed by atoms with Crippen LogP contribution in [0.2, 0.25) is 5.02 Å². The first-order valence-electron chi connectivity index (χ1n) is 6.64. The Bertz CT molecular complexity index is 457. The molecule has 20 heavy (non-hydrogen) atoms. The molecule has 0 radical (unpaired) electrons. The van der Waals surface area contributed by atoms with E-state index in [1.54, 1.807) is 4.90 Å². The van der Waals surface area contributed by atoms with Gasteiger partial charge >= 0.3 is 6.09 Å². The Morgan fingerprint density at radius 3 is 2.55 bits per heavy atom. The molecule has 0 aliphatic rings. The molecule has 1 rings (SSSR count). The minimum absolute atomic E-state index is 0.161. The van der Waals surface area contributed by atoms with Crippen LogP contribution in [0.4, 0.5) is 4.79 Å². The highest BCUT2D eigenvalue weighted by atomic mass is 35.5. The number of carbonyl (C=O) groups excluding carboxylic acids is 1. The molecule has 0 saturated heterocycles. The van der Waals surface area contributed by atoms with Gasteiger partial charge in [-0.2, -0.15) is 0 Å². The zero-order chi connectivity index (χ0) is 15.3. The smallest absolute Gasteiger partial charge is 0.410 e. The predicted molar refractivity (Wildman–Crippen MR) is 81.9 cm³/mol. The van der Waals surface area contributed by atoms with Crippen molar-refractivity contribution in [3.63, 3.8) is 0 Å². The molecule has 0 heterocycles. The number of amides is 1. The van der Waals surface area contributed by atoms with E-state index in [-0.39, 0.29) is 17.7 Å². The highest BCUT2D eigenvalue weighted by Crippen LogP contribution is 2.32. The van der Waals surface area contributed by atoms with Gasteiger partial charge in [-0.3, -0.25) is 4.90 Å². The van der Waals surface area contributed by atoms with E-state index in [2.05, 4.69) is 0 Å². The molecule has 0 spiro atoms. The molecule has 0 fully saturated rings. The van der Waals surface area contributed by atoms with E-state index in [1.807, 2.05) is 45.0 Å². The van der Waals surface area contributed by atoms with Gasteiger partial charge in [0, 0.05) is 10.6 Å². The molecular weight excluding hydrogens is 276 g/mol. The number of methoxy groups -OCH3 is 1. The number of hydrogen-bond acceptors (Lipinski definition) is 3. The number of halogens is 1. The third-order valence-electron chi connectivity index (χ3n) is 3.08. The Morgan fingerprint density at radius 2 is 2.10 bits per heavy atom. The maximum atomic E-state index is 12.2. The minimum Gasteiger partial charge on any atom is -0.453 e. The van der Waals surface area contributed by atoms with Gasteiger partial charge in [-0.1, -0.05) is 23.7 Å². The van der Waals surface area contributed by atoms with Crippen molar-refractivity contribution < 1.29 is 9.53 Å². The number of benzene rings is 1. The molecule has 4 nitrogen and oxygen atoms in total. The lowest BCUT2D eigenvalue weighted by Gasteiger charge is -2.40. The maximum absolute atomic E-state index is 12.2. The van der Waals surface area contributed by atoms with Crippen LogP contribution in [0.5, 0.6) is 0 Å². The number of ether oxygens (including phenoxy) is 1. The van der Waals surface area contributed by atoms with E-state index in [4.69, 9.17) is 22.1 Å². The molecule has 5 heteroatoms. The van der Waals surface area contributed by atoms with E-state index < -0.39 is 0 Å². The van der Waals surface area contributed by atoms with E-state index in [9.17, 15) is 4.79 Å². The molecule has 1 amide bonds. The summed E-state index contributed by atoms with van der Waals surface area (Å²) in [6.45, 7) is 6.38. The third kappa shape index (κ3) is 4.12. The van der Waals surface area contributed by atoms with Crippen LogP contribution in [-0.2, 0) is 4.74 Å². The van der Waals surface area contributed by atoms with Crippen LogP contribution in [0.1, 0.15) is 38.8 Å². The van der Waals surface area contributed by atoms with Crippen molar-refractivity contribution >= 4 is 17.7 Å². The summed E-state index contributed by atoms with van der Waals surface area (Å²) in [7, 11) is 1.39. The summed E-state index contributed by atoms with van der Waals surface area (Å²) >= 11 is 6.06. The first-order chi connectivity index (χ1) is 9.31. The zero-order valence-electron chi connectivity index (χ0n) is 12.5. The number of nitrogens with two attached hydrogens (primary N) is 1. The second-order valence-corrected chi connectivity index (χ2v) is 6.10. The first-order valence-corrected chi connectivity index (χ1v) is 7.02. The zero-order valence-corrected chi connectivity index (χ0v) is 13.3. The first kappa shape index (κ1) is 16.8. The van der Waals surface area contributed by atoms with Crippen molar-refractivity contribution in [2.75, 3.05) is 13.7 Å². The Morgan fingerprint density at radius 1 is 1.45 bits per heavy atom. The Balaban J connectivity index is 3.24. The summed E-state index contributed by atoms with van der Waals surface area (Å²) in [6, 6.07) is 7.34. The molecular formula is C15H23ClN2O2. The van der Waals surface area contributed by atoms with Gasteiger partial charge in [-0.25, -0.2) is 4.79 Å². The summed E-state index contributed by atoms with van der Waals surface area (Å²) in [5.41, 5.74) is 6.30. The van der Waals surface area contributed by atoms with Crippen LogP contribution < -0.4 is 5.73 Å². The molecule has 0 saturated carbocycles. The lowest BCUT2D eigenvalue weighted by molar-refractivity contribution is 0.0542. The number of nitrogens with zero attached hydrogens (tertiary/aromatic N) is 1. The highest BCUT2D eigenvalue weighted by molar-refractivity contribution is 6.30. The van der Waals surface area contributed by atoms with E-state index in [0.29, 0.717) is 18.0 Å². The van der Waals surface area contributed by atoms with Crippen LogP contribution >= 0.6 is 11.6 Å². The number of hydrogen-bond donors (Lipinski definition) is 1. The summed E-state index contributed by atoms with van der Waals surface area (Å²) in [6.07, 6.45) is 0.281. The van der Waals surface area contributed by atoms with Crippen molar-refractivity contribution in [1.82, 2.24) is 4.90 Å². The largest absolute Gasteiger partial charge is 0.453 e. The lowest BCUT2D eigenvalue weighted by atomic mass is 9.96. The SMILES string of the molecule is COC(=O)N(C(CCN)c1cccc(Cl)c1)C(C)(C)C. The van der Waals surface area contributed by atoms with Gasteiger partial charge in [-0.05, 0) is 51.4 Å². The minimum atomic E-state index is -0.380.